The number of carbonyl (C=O) groups is 1. The lowest BCUT2D eigenvalue weighted by atomic mass is 10.1. The lowest BCUT2D eigenvalue weighted by molar-refractivity contribution is -0.604. The molecule has 2 aromatic rings. The first-order chi connectivity index (χ1) is 9.59. The third-order valence-electron chi connectivity index (χ3n) is 3.65. The normalized spacial score (nSPS) is 14.1. The first-order valence-electron chi connectivity index (χ1n) is 6.49. The number of nitrogens with zero attached hydrogens (tertiary/aromatic N) is 2. The van der Waals surface area contributed by atoms with Crippen LogP contribution in [0.2, 0.25) is 5.02 Å². The third kappa shape index (κ3) is 1.94. The molecule has 0 spiro atoms. The Morgan fingerprint density at radius 2 is 2.25 bits per heavy atom. The van der Waals surface area contributed by atoms with Crippen LogP contribution in [0.25, 0.3) is 11.3 Å². The Hall–Kier alpha value is -2.01. The molecule has 5 nitrogen and oxygen atoms in total. The molecule has 0 atom stereocenters. The molecule has 0 saturated carbocycles. The fourth-order valence-electron chi connectivity index (χ4n) is 2.83. The molecule has 0 aliphatic carbocycles. The second kappa shape index (κ2) is 4.83. The molecule has 1 amide bonds. The van der Waals surface area contributed by atoms with Crippen molar-refractivity contribution in [2.45, 2.75) is 25.8 Å². The molecular formula is C14H14ClN3O2. The number of hydrogen-bond donors (Lipinski definition) is 1. The second-order valence-corrected chi connectivity index (χ2v) is 5.29. The minimum Gasteiger partial charge on any atom is -0.619 e. The Bertz CT molecular complexity index is 694. The van der Waals surface area contributed by atoms with Crippen molar-refractivity contribution in [1.82, 2.24) is 4.57 Å². The summed E-state index contributed by atoms with van der Waals surface area (Å²) in [5, 5.41) is 11.8. The minimum absolute atomic E-state index is 0.348. The van der Waals surface area contributed by atoms with E-state index in [0.29, 0.717) is 21.8 Å². The molecule has 2 aromatic heterocycles. The number of rotatable bonds is 2. The van der Waals surface area contributed by atoms with Gasteiger partial charge >= 0.3 is 0 Å². The predicted molar refractivity (Wildman–Crippen MR) is 75.3 cm³/mol. The Labute approximate surface area is 121 Å². The van der Waals surface area contributed by atoms with Crippen LogP contribution in [0, 0.1) is 5.21 Å². The standard InChI is InChI=1S/C14H14ClN3O2/c15-12-11(14(16)19)10-5-1-2-7-18(10)13(12)9-4-3-6-17(20)8-9/h3-4,6,8H,1-2,5,7H2,(H2,16,19). The number of nitrogens with two attached hydrogens (primary N) is 1. The predicted octanol–water partition coefficient (Wildman–Crippen LogP) is 1.88. The molecule has 1 aliphatic heterocycles. The van der Waals surface area contributed by atoms with Crippen LogP contribution in [0.4, 0.5) is 0 Å². The highest BCUT2D eigenvalue weighted by atomic mass is 35.5. The number of carbonyl (C=O) groups excluding carboxylic acids is 1. The fourth-order valence-corrected chi connectivity index (χ4v) is 3.24. The SMILES string of the molecule is NC(=O)c1c(Cl)c(-c2ccc[n+]([O-])c2)n2c1CCCC2. The summed E-state index contributed by atoms with van der Waals surface area (Å²) >= 11 is 6.37. The molecule has 3 rings (SSSR count). The molecule has 0 radical (unpaired) electrons. The Balaban J connectivity index is 2.28. The number of halogens is 1. The van der Waals surface area contributed by atoms with Crippen LogP contribution in [0.15, 0.2) is 24.5 Å². The van der Waals surface area contributed by atoms with E-state index in [2.05, 4.69) is 0 Å². The minimum atomic E-state index is -0.516. The topological polar surface area (TPSA) is 75.0 Å². The van der Waals surface area contributed by atoms with Gasteiger partial charge in [-0.2, -0.15) is 4.73 Å². The van der Waals surface area contributed by atoms with E-state index >= 15 is 0 Å². The van der Waals surface area contributed by atoms with Gasteiger partial charge in [-0.3, -0.25) is 4.79 Å². The smallest absolute Gasteiger partial charge is 0.252 e. The van der Waals surface area contributed by atoms with E-state index in [9.17, 15) is 10.0 Å². The van der Waals surface area contributed by atoms with Gasteiger partial charge < -0.3 is 15.5 Å². The fraction of sp³-hybridized carbons (Fsp3) is 0.286. The summed E-state index contributed by atoms with van der Waals surface area (Å²) in [4.78, 5) is 11.7. The van der Waals surface area contributed by atoms with Crippen LogP contribution in [0.3, 0.4) is 0 Å². The molecule has 0 bridgehead atoms. The van der Waals surface area contributed by atoms with Gasteiger partial charge in [0.15, 0.2) is 12.4 Å². The number of pyridine rings is 1. The number of fused-ring (bicyclic) bond motifs is 1. The van der Waals surface area contributed by atoms with E-state index in [1.807, 2.05) is 10.6 Å². The van der Waals surface area contributed by atoms with Gasteiger partial charge in [-0.1, -0.05) is 11.6 Å². The van der Waals surface area contributed by atoms with E-state index in [0.717, 1.165) is 36.2 Å². The van der Waals surface area contributed by atoms with Crippen molar-refractivity contribution in [2.75, 3.05) is 0 Å². The van der Waals surface area contributed by atoms with Gasteiger partial charge in [0.2, 0.25) is 0 Å². The third-order valence-corrected chi connectivity index (χ3v) is 4.02. The van der Waals surface area contributed by atoms with E-state index in [-0.39, 0.29) is 0 Å². The molecule has 0 unspecified atom stereocenters. The largest absolute Gasteiger partial charge is 0.619 e. The van der Waals surface area contributed by atoms with Crippen molar-refractivity contribution in [1.29, 1.82) is 0 Å². The zero-order valence-corrected chi connectivity index (χ0v) is 11.6. The van der Waals surface area contributed by atoms with Gasteiger partial charge in [0.25, 0.3) is 5.91 Å². The summed E-state index contributed by atoms with van der Waals surface area (Å²) in [5.74, 6) is -0.516. The summed E-state index contributed by atoms with van der Waals surface area (Å²) in [6.45, 7) is 0.783. The molecule has 0 aromatic carbocycles. The molecule has 2 N–H and O–H groups in total. The van der Waals surface area contributed by atoms with Gasteiger partial charge in [-0.25, -0.2) is 0 Å². The maximum absolute atomic E-state index is 11.7. The van der Waals surface area contributed by atoms with Gasteiger partial charge in [0.1, 0.15) is 0 Å². The van der Waals surface area contributed by atoms with E-state index < -0.39 is 5.91 Å². The quantitative estimate of drug-likeness (QED) is 0.677. The molecule has 104 valence electrons. The highest BCUT2D eigenvalue weighted by Gasteiger charge is 2.27. The maximum Gasteiger partial charge on any atom is 0.252 e. The van der Waals surface area contributed by atoms with Crippen LogP contribution < -0.4 is 10.5 Å². The molecule has 6 heteroatoms. The number of hydrogen-bond acceptors (Lipinski definition) is 2. The summed E-state index contributed by atoms with van der Waals surface area (Å²) in [6.07, 6.45) is 5.67. The summed E-state index contributed by atoms with van der Waals surface area (Å²) in [7, 11) is 0. The van der Waals surface area contributed by atoms with Gasteiger partial charge in [-0.05, 0) is 25.3 Å². The van der Waals surface area contributed by atoms with Crippen molar-refractivity contribution in [3.8, 4) is 11.3 Å². The molecule has 0 saturated heterocycles. The van der Waals surface area contributed by atoms with Gasteiger partial charge in [-0.15, -0.1) is 0 Å². The lowest BCUT2D eigenvalue weighted by Gasteiger charge is -2.18. The Morgan fingerprint density at radius 3 is 2.95 bits per heavy atom. The second-order valence-electron chi connectivity index (χ2n) is 4.91. The Kier molecular flexibility index (Phi) is 3.14. The lowest BCUT2D eigenvalue weighted by Crippen LogP contribution is -2.24. The molecule has 3 heterocycles. The van der Waals surface area contributed by atoms with Crippen LogP contribution in [-0.2, 0) is 13.0 Å². The summed E-state index contributed by atoms with van der Waals surface area (Å²) in [5.41, 5.74) is 8.13. The molecular weight excluding hydrogens is 278 g/mol. The zero-order chi connectivity index (χ0) is 14.3. The van der Waals surface area contributed by atoms with Crippen molar-refractivity contribution >= 4 is 17.5 Å². The highest BCUT2D eigenvalue weighted by molar-refractivity contribution is 6.36. The Morgan fingerprint density at radius 1 is 1.45 bits per heavy atom. The van der Waals surface area contributed by atoms with Crippen LogP contribution in [-0.4, -0.2) is 10.5 Å². The summed E-state index contributed by atoms with van der Waals surface area (Å²) in [6, 6.07) is 3.47. The van der Waals surface area contributed by atoms with Gasteiger partial charge in [0.05, 0.1) is 21.8 Å². The zero-order valence-electron chi connectivity index (χ0n) is 10.8. The molecule has 20 heavy (non-hydrogen) atoms. The van der Waals surface area contributed by atoms with Gasteiger partial charge in [0, 0.05) is 18.3 Å². The number of aromatic nitrogens is 2. The number of primary amides is 1. The maximum atomic E-state index is 11.7. The van der Waals surface area contributed by atoms with E-state index in [4.69, 9.17) is 17.3 Å². The van der Waals surface area contributed by atoms with E-state index in [1.54, 1.807) is 6.07 Å². The van der Waals surface area contributed by atoms with Crippen molar-refractivity contribution in [3.63, 3.8) is 0 Å². The van der Waals surface area contributed by atoms with E-state index in [1.165, 1.54) is 12.4 Å². The average Bonchev–Trinajstić information content (AvgIpc) is 2.70. The molecule has 1 aliphatic rings. The number of amides is 1. The van der Waals surface area contributed by atoms with Crippen LogP contribution >= 0.6 is 11.6 Å². The monoisotopic (exact) mass is 291 g/mol. The van der Waals surface area contributed by atoms with Crippen molar-refractivity contribution < 1.29 is 9.52 Å². The average molecular weight is 292 g/mol. The van der Waals surface area contributed by atoms with Crippen molar-refractivity contribution in [2.24, 2.45) is 5.73 Å². The van der Waals surface area contributed by atoms with Crippen molar-refractivity contribution in [3.05, 3.63) is 46.0 Å². The summed E-state index contributed by atoms with van der Waals surface area (Å²) < 4.78 is 2.74. The first kappa shape index (κ1) is 13.0. The highest BCUT2D eigenvalue weighted by Crippen LogP contribution is 2.37. The van der Waals surface area contributed by atoms with Crippen LogP contribution in [0.5, 0.6) is 0 Å². The first-order valence-corrected chi connectivity index (χ1v) is 6.87. The molecule has 0 fully saturated rings. The van der Waals surface area contributed by atoms with Crippen LogP contribution in [0.1, 0.15) is 28.9 Å².